The first-order valence-corrected chi connectivity index (χ1v) is 7.21. The topological polar surface area (TPSA) is 65.0 Å². The third-order valence-corrected chi connectivity index (χ3v) is 3.71. The van der Waals surface area contributed by atoms with Gasteiger partial charge in [-0.1, -0.05) is 29.3 Å². The smallest absolute Gasteiger partial charge is 0.341 e. The fourth-order valence-corrected chi connectivity index (χ4v) is 2.31. The number of methoxy groups -OCH3 is 2. The Morgan fingerprint density at radius 2 is 1.87 bits per heavy atom. The lowest BCUT2D eigenvalue weighted by atomic mass is 10.1. The molecular weight excluding hydrogens is 320 g/mol. The maximum atomic E-state index is 11.8. The van der Waals surface area contributed by atoms with E-state index in [0.717, 1.165) is 5.56 Å². The van der Waals surface area contributed by atoms with Crippen LogP contribution in [0.3, 0.4) is 0 Å². The van der Waals surface area contributed by atoms with Crippen molar-refractivity contribution in [3.63, 3.8) is 0 Å². The standard InChI is InChI=1S/C17H17ClO5/c1-10-4-6-12(7-5-10)23-9-11-8-13(17(20)22-3)15(19)16(21-2)14(11)18/h4-8,19H,9H2,1-3H3. The van der Waals surface area contributed by atoms with Crippen LogP contribution in [-0.2, 0) is 11.3 Å². The van der Waals surface area contributed by atoms with Crippen LogP contribution in [0.4, 0.5) is 0 Å². The fraction of sp³-hybridized carbons (Fsp3) is 0.235. The number of aromatic hydroxyl groups is 1. The third-order valence-electron chi connectivity index (χ3n) is 3.29. The van der Waals surface area contributed by atoms with Crippen molar-refractivity contribution < 1.29 is 24.1 Å². The Morgan fingerprint density at radius 1 is 1.22 bits per heavy atom. The first-order chi connectivity index (χ1) is 11.0. The molecule has 0 saturated carbocycles. The summed E-state index contributed by atoms with van der Waals surface area (Å²) in [5, 5.41) is 10.2. The van der Waals surface area contributed by atoms with Crippen LogP contribution < -0.4 is 9.47 Å². The second-order valence-corrected chi connectivity index (χ2v) is 5.25. The van der Waals surface area contributed by atoms with Crippen LogP contribution in [0, 0.1) is 6.92 Å². The van der Waals surface area contributed by atoms with Crippen LogP contribution in [0.15, 0.2) is 30.3 Å². The Kier molecular flexibility index (Phi) is 5.34. The molecule has 2 rings (SSSR count). The molecule has 2 aromatic rings. The summed E-state index contributed by atoms with van der Waals surface area (Å²) in [4.78, 5) is 11.8. The van der Waals surface area contributed by atoms with Gasteiger partial charge in [-0.2, -0.15) is 0 Å². The molecule has 6 heteroatoms. The van der Waals surface area contributed by atoms with Crippen LogP contribution in [0.2, 0.25) is 5.02 Å². The number of esters is 1. The summed E-state index contributed by atoms with van der Waals surface area (Å²) < 4.78 is 15.4. The highest BCUT2D eigenvalue weighted by atomic mass is 35.5. The molecule has 2 aromatic carbocycles. The second kappa shape index (κ2) is 7.24. The highest BCUT2D eigenvalue weighted by molar-refractivity contribution is 6.33. The van der Waals surface area contributed by atoms with Crippen LogP contribution in [0.1, 0.15) is 21.5 Å². The summed E-state index contributed by atoms with van der Waals surface area (Å²) in [6.07, 6.45) is 0. The highest BCUT2D eigenvalue weighted by Gasteiger charge is 2.22. The Hall–Kier alpha value is -2.40. The van der Waals surface area contributed by atoms with Gasteiger partial charge in [0.1, 0.15) is 17.9 Å². The van der Waals surface area contributed by atoms with Gasteiger partial charge in [-0.05, 0) is 25.1 Å². The first-order valence-electron chi connectivity index (χ1n) is 6.84. The maximum absolute atomic E-state index is 11.8. The molecule has 5 nitrogen and oxygen atoms in total. The van der Waals surface area contributed by atoms with Gasteiger partial charge in [-0.15, -0.1) is 0 Å². The van der Waals surface area contributed by atoms with E-state index in [-0.39, 0.29) is 28.7 Å². The van der Waals surface area contributed by atoms with Gasteiger partial charge in [0, 0.05) is 5.56 Å². The molecule has 0 bridgehead atoms. The number of carbonyl (C=O) groups excluding carboxylic acids is 1. The number of hydrogen-bond acceptors (Lipinski definition) is 5. The molecule has 0 unspecified atom stereocenters. The fourth-order valence-electron chi connectivity index (χ4n) is 2.03. The third kappa shape index (κ3) is 3.68. The van der Waals surface area contributed by atoms with E-state index in [9.17, 15) is 9.90 Å². The summed E-state index contributed by atoms with van der Waals surface area (Å²) in [7, 11) is 2.58. The van der Waals surface area contributed by atoms with E-state index >= 15 is 0 Å². The largest absolute Gasteiger partial charge is 0.504 e. The maximum Gasteiger partial charge on any atom is 0.341 e. The predicted octanol–water partition coefficient (Wildman–Crippen LogP) is 3.73. The number of carbonyl (C=O) groups is 1. The van der Waals surface area contributed by atoms with E-state index in [1.165, 1.54) is 20.3 Å². The van der Waals surface area contributed by atoms with Gasteiger partial charge in [0.25, 0.3) is 0 Å². The minimum atomic E-state index is -0.686. The molecule has 122 valence electrons. The molecular formula is C17H17ClO5. The molecule has 0 aromatic heterocycles. The highest BCUT2D eigenvalue weighted by Crippen LogP contribution is 2.40. The summed E-state index contributed by atoms with van der Waals surface area (Å²) in [6, 6.07) is 8.95. The van der Waals surface area contributed by atoms with Crippen LogP contribution >= 0.6 is 11.6 Å². The number of phenols is 1. The number of ether oxygens (including phenoxy) is 3. The molecule has 1 N–H and O–H groups in total. The van der Waals surface area contributed by atoms with Crippen molar-refractivity contribution in [1.29, 1.82) is 0 Å². The van der Waals surface area contributed by atoms with Crippen molar-refractivity contribution in [3.8, 4) is 17.2 Å². The van der Waals surface area contributed by atoms with Crippen molar-refractivity contribution in [1.82, 2.24) is 0 Å². The lowest BCUT2D eigenvalue weighted by Crippen LogP contribution is -2.06. The zero-order valence-electron chi connectivity index (χ0n) is 13.1. The number of rotatable bonds is 5. The summed E-state index contributed by atoms with van der Waals surface area (Å²) in [6.45, 7) is 2.09. The van der Waals surface area contributed by atoms with Crippen molar-refractivity contribution in [2.24, 2.45) is 0 Å². The minimum absolute atomic E-state index is 0.0112. The summed E-state index contributed by atoms with van der Waals surface area (Å²) >= 11 is 6.21. The van der Waals surface area contributed by atoms with E-state index in [4.69, 9.17) is 21.1 Å². The van der Waals surface area contributed by atoms with Gasteiger partial charge < -0.3 is 19.3 Å². The number of benzene rings is 2. The molecule has 0 aliphatic heterocycles. The van der Waals surface area contributed by atoms with Crippen molar-refractivity contribution in [2.75, 3.05) is 14.2 Å². The SMILES string of the molecule is COC(=O)c1cc(COc2ccc(C)cc2)c(Cl)c(OC)c1O. The molecule has 0 atom stereocenters. The lowest BCUT2D eigenvalue weighted by molar-refractivity contribution is 0.0596. The van der Waals surface area contributed by atoms with E-state index in [1.54, 1.807) is 0 Å². The van der Waals surface area contributed by atoms with Crippen LogP contribution in [-0.4, -0.2) is 25.3 Å². The Morgan fingerprint density at radius 3 is 2.43 bits per heavy atom. The zero-order chi connectivity index (χ0) is 17.0. The summed E-state index contributed by atoms with van der Waals surface area (Å²) in [5.74, 6) is -0.368. The normalized spacial score (nSPS) is 10.3. The Bertz CT molecular complexity index is 710. The molecule has 23 heavy (non-hydrogen) atoms. The van der Waals surface area contributed by atoms with Crippen LogP contribution in [0.25, 0.3) is 0 Å². The van der Waals surface area contributed by atoms with Gasteiger partial charge in [0.05, 0.1) is 19.2 Å². The molecule has 0 heterocycles. The van der Waals surface area contributed by atoms with Gasteiger partial charge in [0.2, 0.25) is 0 Å². The van der Waals surface area contributed by atoms with E-state index < -0.39 is 5.97 Å². The van der Waals surface area contributed by atoms with Crippen molar-refractivity contribution in [3.05, 3.63) is 52.0 Å². The molecule has 0 amide bonds. The molecule has 0 aliphatic rings. The average Bonchev–Trinajstić information content (AvgIpc) is 2.55. The van der Waals surface area contributed by atoms with Crippen molar-refractivity contribution >= 4 is 17.6 Å². The van der Waals surface area contributed by atoms with Gasteiger partial charge in [0.15, 0.2) is 11.5 Å². The lowest BCUT2D eigenvalue weighted by Gasteiger charge is -2.14. The van der Waals surface area contributed by atoms with Gasteiger partial charge in [-0.25, -0.2) is 4.79 Å². The molecule has 0 spiro atoms. The summed E-state index contributed by atoms with van der Waals surface area (Å²) in [5.41, 5.74) is 1.59. The Balaban J connectivity index is 2.33. The van der Waals surface area contributed by atoms with Crippen molar-refractivity contribution in [2.45, 2.75) is 13.5 Å². The minimum Gasteiger partial charge on any atom is -0.504 e. The zero-order valence-corrected chi connectivity index (χ0v) is 13.8. The molecule has 0 fully saturated rings. The van der Waals surface area contributed by atoms with Gasteiger partial charge in [-0.3, -0.25) is 0 Å². The number of phenolic OH excluding ortho intramolecular Hbond substituents is 1. The van der Waals surface area contributed by atoms with E-state index in [0.29, 0.717) is 11.3 Å². The molecule has 0 radical (unpaired) electrons. The quantitative estimate of drug-likeness (QED) is 0.843. The van der Waals surface area contributed by atoms with E-state index in [1.807, 2.05) is 31.2 Å². The predicted molar refractivity (Wildman–Crippen MR) is 86.5 cm³/mol. The molecule has 0 saturated heterocycles. The molecule has 0 aliphatic carbocycles. The Labute approximate surface area is 139 Å². The first kappa shape index (κ1) is 17.0. The van der Waals surface area contributed by atoms with Gasteiger partial charge >= 0.3 is 5.97 Å². The number of aryl methyl sites for hydroxylation is 1. The monoisotopic (exact) mass is 336 g/mol. The second-order valence-electron chi connectivity index (χ2n) is 4.87. The number of halogens is 1. The van der Waals surface area contributed by atoms with E-state index in [2.05, 4.69) is 4.74 Å². The number of hydrogen-bond donors (Lipinski definition) is 1. The van der Waals surface area contributed by atoms with Crippen LogP contribution in [0.5, 0.6) is 17.2 Å². The average molecular weight is 337 g/mol.